The molecule has 0 rings (SSSR count). The molecule has 1 nitrogen and oxygen atoms in total. The van der Waals surface area contributed by atoms with Crippen LogP contribution in [0.3, 0.4) is 0 Å². The van der Waals surface area contributed by atoms with Crippen molar-refractivity contribution in [3.8, 4) is 6.07 Å². The first-order valence-corrected chi connectivity index (χ1v) is 17.3. The maximum atomic E-state index is 7.95. The van der Waals surface area contributed by atoms with Crippen molar-refractivity contribution >= 4 is 45.9 Å². The predicted octanol–water partition coefficient (Wildman–Crippen LogP) is 5.15. The normalized spacial score (nSPS) is 13.2. The van der Waals surface area contributed by atoms with Crippen LogP contribution < -0.4 is 0 Å². The Balaban J connectivity index is 0. The minimum atomic E-state index is -4.33. The van der Waals surface area contributed by atoms with Crippen molar-refractivity contribution in [3.05, 3.63) is 0 Å². The monoisotopic (exact) mass is 351 g/mol. The molecule has 0 aromatic rings. The molecule has 0 aromatic carbocycles. The summed E-state index contributed by atoms with van der Waals surface area (Å²) >= 11 is 0. The third-order valence-corrected chi connectivity index (χ3v) is 0.642. The van der Waals surface area contributed by atoms with Gasteiger partial charge in [0.15, 0.2) is 0 Å². The molecule has 0 atom stereocenters. The molecule has 0 radical (unpaired) electrons. The van der Waals surface area contributed by atoms with E-state index in [9.17, 15) is 0 Å². The number of hydrogen-bond donors (Lipinski definition) is 0. The summed E-state index contributed by atoms with van der Waals surface area (Å²) in [5.41, 5.74) is 0. The molecule has 7 heteroatoms. The Morgan fingerprint density at radius 2 is 1.50 bits per heavy atom. The quantitative estimate of drug-likeness (QED) is 0.498. The molecule has 74 valence electrons. The number of unbranched alkanes of at least 4 members (excludes halogenated alkanes) is 2. The first kappa shape index (κ1) is 16.1. The zero-order chi connectivity index (χ0) is 10.3. The van der Waals surface area contributed by atoms with Crippen molar-refractivity contribution in [2.45, 2.75) is 26.2 Å². The van der Waals surface area contributed by atoms with Gasteiger partial charge in [-0.2, -0.15) is 5.26 Å². The summed E-state index contributed by atoms with van der Waals surface area (Å²) in [5.74, 6) is 0. The van der Waals surface area contributed by atoms with Gasteiger partial charge in [0.2, 0.25) is 0 Å². The van der Waals surface area contributed by atoms with E-state index in [-0.39, 0.29) is 0 Å². The van der Waals surface area contributed by atoms with E-state index in [0.717, 1.165) is 19.3 Å². The Kier molecular flexibility index (Phi) is 9.45. The van der Waals surface area contributed by atoms with Crippen molar-refractivity contribution in [2.75, 3.05) is 0 Å². The molecule has 0 saturated heterocycles. The second kappa shape index (κ2) is 7.04. The van der Waals surface area contributed by atoms with Gasteiger partial charge in [0.1, 0.15) is 0 Å². The minimum absolute atomic E-state index is 0.719. The topological polar surface area (TPSA) is 23.8 Å². The SMILES string of the molecule is CCCCC#N.[Cl][Nb]([Cl])([Cl])([Cl])[Cl]. The second-order valence-electron chi connectivity index (χ2n) is 1.90. The molecule has 0 unspecified atom stereocenters. The van der Waals surface area contributed by atoms with Crippen molar-refractivity contribution in [1.82, 2.24) is 0 Å². The van der Waals surface area contributed by atoms with E-state index >= 15 is 0 Å². The van der Waals surface area contributed by atoms with Gasteiger partial charge in [-0.1, -0.05) is 13.3 Å². The molecule has 0 fully saturated rings. The Hall–Kier alpha value is 1.68. The molecule has 12 heavy (non-hydrogen) atoms. The third-order valence-electron chi connectivity index (χ3n) is 0.642. The molecule has 0 aromatic heterocycles. The molecule has 0 aliphatic carbocycles. The van der Waals surface area contributed by atoms with Crippen LogP contribution in [0.5, 0.6) is 0 Å². The summed E-state index contributed by atoms with van der Waals surface area (Å²) in [7, 11) is 20.9. The predicted molar refractivity (Wildman–Crippen MR) is 54.4 cm³/mol. The van der Waals surface area contributed by atoms with Crippen LogP contribution >= 0.6 is 45.9 Å². The Bertz CT molecular complexity index is 138. The zero-order valence-corrected chi connectivity index (χ0v) is 12.4. The van der Waals surface area contributed by atoms with E-state index < -0.39 is 10.4 Å². The van der Waals surface area contributed by atoms with E-state index in [2.05, 4.69) is 13.0 Å². The van der Waals surface area contributed by atoms with Crippen LogP contribution in [-0.4, -0.2) is 0 Å². The molecule has 0 saturated carbocycles. The Morgan fingerprint density at radius 3 is 1.58 bits per heavy atom. The van der Waals surface area contributed by atoms with Gasteiger partial charge in [-0.05, 0) is 6.42 Å². The number of nitrogens with zero attached hydrogens (tertiary/aromatic N) is 1. The van der Waals surface area contributed by atoms with Gasteiger partial charge in [-0.3, -0.25) is 0 Å². The van der Waals surface area contributed by atoms with E-state index in [1.807, 2.05) is 0 Å². The van der Waals surface area contributed by atoms with Gasteiger partial charge in [-0.15, -0.1) is 0 Å². The van der Waals surface area contributed by atoms with Crippen molar-refractivity contribution in [3.63, 3.8) is 0 Å². The summed E-state index contributed by atoms with van der Waals surface area (Å²) in [4.78, 5) is 0. The van der Waals surface area contributed by atoms with Gasteiger partial charge < -0.3 is 0 Å². The summed E-state index contributed by atoms with van der Waals surface area (Å²) in [6.07, 6.45) is 2.90. The van der Waals surface area contributed by atoms with Gasteiger partial charge in [-0.25, -0.2) is 0 Å². The van der Waals surface area contributed by atoms with Gasteiger partial charge in [0, 0.05) is 6.42 Å². The molecular formula is C5H9Cl5NNb. The fourth-order valence-corrected chi connectivity index (χ4v) is 0.256. The number of hydrogen-bond acceptors (Lipinski definition) is 1. The number of halogens is 5. The van der Waals surface area contributed by atoms with Crippen LogP contribution in [0.4, 0.5) is 0 Å². The van der Waals surface area contributed by atoms with Crippen molar-refractivity contribution < 1.29 is 10.4 Å². The number of rotatable bonds is 2. The summed E-state index contributed by atoms with van der Waals surface area (Å²) < 4.78 is 0. The first-order chi connectivity index (χ1) is 5.15. The van der Waals surface area contributed by atoms with Gasteiger partial charge in [0.25, 0.3) is 0 Å². The van der Waals surface area contributed by atoms with Crippen molar-refractivity contribution in [2.24, 2.45) is 0 Å². The zero-order valence-electron chi connectivity index (χ0n) is 6.41. The molecular weight excluding hydrogens is 344 g/mol. The Morgan fingerprint density at radius 1 is 1.17 bits per heavy atom. The van der Waals surface area contributed by atoms with E-state index in [0.29, 0.717) is 0 Å². The molecule has 0 aliphatic heterocycles. The summed E-state index contributed by atoms with van der Waals surface area (Å²) in [5, 5.41) is 7.95. The van der Waals surface area contributed by atoms with Crippen LogP contribution in [0.1, 0.15) is 26.2 Å². The van der Waals surface area contributed by atoms with E-state index in [1.54, 1.807) is 0 Å². The molecule has 0 heterocycles. The average Bonchev–Trinajstić information content (AvgIpc) is 1.77. The van der Waals surface area contributed by atoms with Crippen LogP contribution in [0.15, 0.2) is 0 Å². The molecule has 0 amide bonds. The maximum absolute atomic E-state index is 7.95. The van der Waals surface area contributed by atoms with Crippen LogP contribution in [0.2, 0.25) is 0 Å². The average molecular weight is 353 g/mol. The number of nitriles is 1. The summed E-state index contributed by atoms with van der Waals surface area (Å²) in [6, 6.07) is 2.07. The van der Waals surface area contributed by atoms with Gasteiger partial charge in [0.05, 0.1) is 6.07 Å². The molecule has 0 N–H and O–H groups in total. The van der Waals surface area contributed by atoms with Crippen LogP contribution in [0, 0.1) is 11.3 Å². The van der Waals surface area contributed by atoms with Crippen LogP contribution in [-0.2, 0) is 10.4 Å². The summed E-state index contributed by atoms with van der Waals surface area (Å²) in [6.45, 7) is 2.08. The third kappa shape index (κ3) is 60.8. The fraction of sp³-hybridized carbons (Fsp3) is 0.800. The second-order valence-corrected chi connectivity index (χ2v) is 35.3. The Labute approximate surface area is 92.9 Å². The van der Waals surface area contributed by atoms with Crippen molar-refractivity contribution in [1.29, 1.82) is 5.26 Å². The fourth-order valence-electron chi connectivity index (χ4n) is 0.256. The molecule has 0 spiro atoms. The first-order valence-electron chi connectivity index (χ1n) is 3.13. The van der Waals surface area contributed by atoms with Crippen LogP contribution in [0.25, 0.3) is 0 Å². The van der Waals surface area contributed by atoms with E-state index in [1.165, 1.54) is 0 Å². The molecule has 0 bridgehead atoms. The standard InChI is InChI=1S/C5H9N.5ClH.Nb/c1-2-3-4-5-6;;;;;;/h2-4H2,1H3;5*1H;/q;;;;;;+5/p-5. The van der Waals surface area contributed by atoms with Gasteiger partial charge >= 0.3 is 56.4 Å². The molecule has 0 aliphatic rings. The van der Waals surface area contributed by atoms with E-state index in [4.69, 9.17) is 51.2 Å².